The van der Waals surface area contributed by atoms with Crippen LogP contribution in [-0.4, -0.2) is 16.8 Å². The molecule has 0 spiro atoms. The highest BCUT2D eigenvalue weighted by Gasteiger charge is 2.46. The van der Waals surface area contributed by atoms with Crippen molar-refractivity contribution in [2.75, 3.05) is 4.90 Å². The standard InChI is InChI=1S/C26H18FNO4/c1-15-10-12-17(13-11-15)28-23(18-7-3-4-8-19(18)27)22(25(30)26(28)31)24(29)21-14-16-6-2-5-9-20(16)32-21/h2-14,23,30H,1H3. The number of fused-ring (bicyclic) bond motifs is 1. The molecule has 1 unspecified atom stereocenters. The number of carbonyl (C=O) groups is 2. The lowest BCUT2D eigenvalue weighted by Gasteiger charge is -2.27. The number of aryl methyl sites for hydroxylation is 1. The third-order valence-electron chi connectivity index (χ3n) is 5.61. The number of aliphatic hydroxyl groups excluding tert-OH is 1. The molecule has 5 nitrogen and oxygen atoms in total. The van der Waals surface area contributed by atoms with E-state index in [1.807, 2.05) is 13.0 Å². The molecule has 4 aromatic rings. The summed E-state index contributed by atoms with van der Waals surface area (Å²) in [6.45, 7) is 1.90. The quantitative estimate of drug-likeness (QED) is 0.427. The maximum atomic E-state index is 14.9. The SMILES string of the molecule is Cc1ccc(N2C(=O)C(O)=C(C(=O)c3cc4ccccc4o3)C2c2ccccc2F)cc1. The summed E-state index contributed by atoms with van der Waals surface area (Å²) >= 11 is 0. The monoisotopic (exact) mass is 427 g/mol. The Kier molecular flexibility index (Phi) is 4.63. The van der Waals surface area contributed by atoms with E-state index in [4.69, 9.17) is 4.42 Å². The molecule has 0 fully saturated rings. The molecule has 3 aromatic carbocycles. The summed E-state index contributed by atoms with van der Waals surface area (Å²) in [7, 11) is 0. The molecule has 0 saturated carbocycles. The van der Waals surface area contributed by atoms with Crippen LogP contribution in [0.5, 0.6) is 0 Å². The minimum absolute atomic E-state index is 0.0346. The molecule has 2 heterocycles. The third kappa shape index (κ3) is 3.08. The molecule has 0 bridgehead atoms. The smallest absolute Gasteiger partial charge is 0.294 e. The van der Waals surface area contributed by atoms with Gasteiger partial charge in [-0.15, -0.1) is 0 Å². The lowest BCUT2D eigenvalue weighted by Crippen LogP contribution is -2.31. The first kappa shape index (κ1) is 19.8. The van der Waals surface area contributed by atoms with E-state index in [9.17, 15) is 19.1 Å². The van der Waals surface area contributed by atoms with E-state index in [1.54, 1.807) is 54.6 Å². The summed E-state index contributed by atoms with van der Waals surface area (Å²) < 4.78 is 20.6. The fourth-order valence-electron chi connectivity index (χ4n) is 4.03. The van der Waals surface area contributed by atoms with Crippen LogP contribution in [0.4, 0.5) is 10.1 Å². The lowest BCUT2D eigenvalue weighted by molar-refractivity contribution is -0.117. The van der Waals surface area contributed by atoms with Crippen LogP contribution < -0.4 is 4.90 Å². The molecular formula is C26H18FNO4. The number of halogens is 1. The summed E-state index contributed by atoms with van der Waals surface area (Å²) in [5.74, 6) is -2.79. The highest BCUT2D eigenvalue weighted by Crippen LogP contribution is 2.43. The molecule has 6 heteroatoms. The number of benzene rings is 3. The van der Waals surface area contributed by atoms with Crippen molar-refractivity contribution in [1.82, 2.24) is 0 Å². The number of rotatable bonds is 4. The summed E-state index contributed by atoms with van der Waals surface area (Å²) in [6, 6.07) is 20.4. The highest BCUT2D eigenvalue weighted by atomic mass is 19.1. The number of Topliss-reactive ketones (excluding diaryl/α,β-unsaturated/α-hetero) is 1. The fraction of sp³-hybridized carbons (Fsp3) is 0.0769. The van der Waals surface area contributed by atoms with E-state index < -0.39 is 29.3 Å². The van der Waals surface area contributed by atoms with Gasteiger partial charge in [0.1, 0.15) is 11.4 Å². The Balaban J connectivity index is 1.68. The average molecular weight is 427 g/mol. The lowest BCUT2D eigenvalue weighted by atomic mass is 9.94. The maximum Gasteiger partial charge on any atom is 0.294 e. The number of ketones is 1. The molecule has 0 saturated heterocycles. The van der Waals surface area contributed by atoms with Crippen LogP contribution in [0.25, 0.3) is 11.0 Å². The number of anilines is 1. The van der Waals surface area contributed by atoms with Crippen LogP contribution in [0, 0.1) is 12.7 Å². The van der Waals surface area contributed by atoms with Gasteiger partial charge in [0.05, 0.1) is 11.6 Å². The Morgan fingerprint density at radius 2 is 1.69 bits per heavy atom. The zero-order valence-electron chi connectivity index (χ0n) is 17.1. The van der Waals surface area contributed by atoms with E-state index in [2.05, 4.69) is 0 Å². The average Bonchev–Trinajstić information content (AvgIpc) is 3.34. The highest BCUT2D eigenvalue weighted by molar-refractivity contribution is 6.20. The molecule has 1 atom stereocenters. The number of furan rings is 1. The molecule has 32 heavy (non-hydrogen) atoms. The number of amides is 1. The van der Waals surface area contributed by atoms with Crippen molar-refractivity contribution in [3.8, 4) is 0 Å². The Labute approximate surface area is 183 Å². The molecule has 0 radical (unpaired) electrons. The largest absolute Gasteiger partial charge is 0.503 e. The molecule has 1 amide bonds. The minimum atomic E-state index is -1.15. The first-order chi connectivity index (χ1) is 15.5. The van der Waals surface area contributed by atoms with Crippen LogP contribution in [0.1, 0.15) is 27.7 Å². The van der Waals surface area contributed by atoms with Crippen LogP contribution in [0.3, 0.4) is 0 Å². The van der Waals surface area contributed by atoms with Gasteiger partial charge in [0, 0.05) is 16.6 Å². The van der Waals surface area contributed by atoms with Crippen molar-refractivity contribution in [2.24, 2.45) is 0 Å². The maximum absolute atomic E-state index is 14.9. The Hall–Kier alpha value is -4.19. The van der Waals surface area contributed by atoms with Crippen LogP contribution in [0.2, 0.25) is 0 Å². The van der Waals surface area contributed by atoms with Crippen molar-refractivity contribution in [2.45, 2.75) is 13.0 Å². The van der Waals surface area contributed by atoms with Gasteiger partial charge in [0.2, 0.25) is 5.78 Å². The number of hydrogen-bond donors (Lipinski definition) is 1. The topological polar surface area (TPSA) is 70.8 Å². The van der Waals surface area contributed by atoms with Crippen molar-refractivity contribution < 1.29 is 23.5 Å². The summed E-state index contributed by atoms with van der Waals surface area (Å²) in [4.78, 5) is 27.8. The van der Waals surface area contributed by atoms with Gasteiger partial charge >= 0.3 is 0 Å². The second kappa shape index (κ2) is 7.50. The Bertz CT molecular complexity index is 1370. The van der Waals surface area contributed by atoms with Crippen molar-refractivity contribution in [1.29, 1.82) is 0 Å². The fourth-order valence-corrected chi connectivity index (χ4v) is 4.03. The zero-order chi connectivity index (χ0) is 22.4. The van der Waals surface area contributed by atoms with Gasteiger partial charge in [-0.25, -0.2) is 4.39 Å². The van der Waals surface area contributed by atoms with E-state index in [-0.39, 0.29) is 16.9 Å². The second-order valence-electron chi connectivity index (χ2n) is 7.67. The molecule has 158 valence electrons. The van der Waals surface area contributed by atoms with Crippen molar-refractivity contribution in [3.63, 3.8) is 0 Å². The number of hydrogen-bond acceptors (Lipinski definition) is 4. The predicted octanol–water partition coefficient (Wildman–Crippen LogP) is 5.66. The van der Waals surface area contributed by atoms with Gasteiger partial charge < -0.3 is 9.52 Å². The van der Waals surface area contributed by atoms with Gasteiger partial charge in [0.15, 0.2) is 11.5 Å². The normalized spacial score (nSPS) is 16.2. The first-order valence-corrected chi connectivity index (χ1v) is 10.1. The molecule has 1 aromatic heterocycles. The van der Waals surface area contributed by atoms with Crippen LogP contribution >= 0.6 is 0 Å². The predicted molar refractivity (Wildman–Crippen MR) is 118 cm³/mol. The van der Waals surface area contributed by atoms with Gasteiger partial charge in [0.25, 0.3) is 5.91 Å². The van der Waals surface area contributed by atoms with Gasteiger partial charge in [-0.05, 0) is 37.3 Å². The molecule has 0 aliphatic carbocycles. The van der Waals surface area contributed by atoms with Crippen molar-refractivity contribution in [3.05, 3.63) is 113 Å². The molecule has 1 N–H and O–H groups in total. The summed E-state index contributed by atoms with van der Waals surface area (Å²) in [5.41, 5.74) is 1.79. The van der Waals surface area contributed by atoms with E-state index in [0.29, 0.717) is 16.7 Å². The number of carbonyl (C=O) groups excluding carboxylic acids is 2. The number of nitrogens with zero attached hydrogens (tertiary/aromatic N) is 1. The van der Waals surface area contributed by atoms with Crippen LogP contribution in [0.15, 0.2) is 94.6 Å². The number of para-hydroxylation sites is 1. The third-order valence-corrected chi connectivity index (χ3v) is 5.61. The zero-order valence-corrected chi connectivity index (χ0v) is 17.1. The Morgan fingerprint density at radius 1 is 1.00 bits per heavy atom. The minimum Gasteiger partial charge on any atom is -0.503 e. The summed E-state index contributed by atoms with van der Waals surface area (Å²) in [5, 5.41) is 11.5. The van der Waals surface area contributed by atoms with Crippen LogP contribution in [-0.2, 0) is 4.79 Å². The van der Waals surface area contributed by atoms with E-state index >= 15 is 0 Å². The van der Waals surface area contributed by atoms with E-state index in [0.717, 1.165) is 5.56 Å². The second-order valence-corrected chi connectivity index (χ2v) is 7.67. The molecule has 1 aliphatic heterocycles. The molecule has 1 aliphatic rings. The Morgan fingerprint density at radius 3 is 2.41 bits per heavy atom. The van der Waals surface area contributed by atoms with Gasteiger partial charge in [-0.1, -0.05) is 54.1 Å². The van der Waals surface area contributed by atoms with E-state index in [1.165, 1.54) is 23.1 Å². The van der Waals surface area contributed by atoms with Crippen molar-refractivity contribution >= 4 is 28.3 Å². The summed E-state index contributed by atoms with van der Waals surface area (Å²) in [6.07, 6.45) is 0. The molecule has 5 rings (SSSR count). The number of aliphatic hydroxyl groups is 1. The van der Waals surface area contributed by atoms with Gasteiger partial charge in [-0.2, -0.15) is 0 Å². The first-order valence-electron chi connectivity index (χ1n) is 10.1. The molecular weight excluding hydrogens is 409 g/mol. The van der Waals surface area contributed by atoms with Gasteiger partial charge in [-0.3, -0.25) is 14.5 Å².